The van der Waals surface area contributed by atoms with Crippen LogP contribution in [0.4, 0.5) is 4.39 Å². The van der Waals surface area contributed by atoms with Crippen molar-refractivity contribution < 1.29 is 13.9 Å². The number of rotatable bonds is 4. The summed E-state index contributed by atoms with van der Waals surface area (Å²) in [7, 11) is 0. The van der Waals surface area contributed by atoms with E-state index in [0.717, 1.165) is 6.07 Å². The second kappa shape index (κ2) is 5.85. The van der Waals surface area contributed by atoms with Gasteiger partial charge < -0.3 is 4.74 Å². The molecule has 0 saturated carbocycles. The Balaban J connectivity index is 2.38. The summed E-state index contributed by atoms with van der Waals surface area (Å²) in [5, 5.41) is 0.230. The van der Waals surface area contributed by atoms with Gasteiger partial charge in [0.2, 0.25) is 0 Å². The molecule has 98 valence electrons. The van der Waals surface area contributed by atoms with Crippen molar-refractivity contribution in [1.29, 1.82) is 0 Å². The van der Waals surface area contributed by atoms with Crippen molar-refractivity contribution >= 4 is 17.4 Å². The van der Waals surface area contributed by atoms with Crippen molar-refractivity contribution in [3.8, 4) is 5.75 Å². The normalized spacial score (nSPS) is 10.3. The summed E-state index contributed by atoms with van der Waals surface area (Å²) in [6.07, 6.45) is 0. The van der Waals surface area contributed by atoms with E-state index in [1.807, 2.05) is 6.92 Å². The van der Waals surface area contributed by atoms with Gasteiger partial charge in [0.05, 0.1) is 11.6 Å². The first kappa shape index (κ1) is 13.6. The molecule has 2 nitrogen and oxygen atoms in total. The third-order valence-electron chi connectivity index (χ3n) is 2.58. The SMILES string of the molecule is CCOc1cccc(C(=O)c2cc(F)ccc2Cl)c1. The number of carbonyl (C=O) groups is 1. The molecule has 0 aliphatic heterocycles. The van der Waals surface area contributed by atoms with Crippen LogP contribution in [0.3, 0.4) is 0 Å². The molecule has 0 radical (unpaired) electrons. The van der Waals surface area contributed by atoms with E-state index in [2.05, 4.69) is 0 Å². The molecule has 0 heterocycles. The Bertz CT molecular complexity index is 611. The van der Waals surface area contributed by atoms with E-state index in [0.29, 0.717) is 17.9 Å². The van der Waals surface area contributed by atoms with Crippen molar-refractivity contribution in [2.75, 3.05) is 6.61 Å². The third kappa shape index (κ3) is 3.12. The molecule has 0 unspecified atom stereocenters. The van der Waals surface area contributed by atoms with E-state index in [4.69, 9.17) is 16.3 Å². The second-order valence-electron chi connectivity index (χ2n) is 3.91. The van der Waals surface area contributed by atoms with Crippen molar-refractivity contribution in [3.05, 3.63) is 64.4 Å². The van der Waals surface area contributed by atoms with Crippen LogP contribution in [-0.4, -0.2) is 12.4 Å². The lowest BCUT2D eigenvalue weighted by Crippen LogP contribution is -2.03. The average molecular weight is 279 g/mol. The zero-order valence-corrected chi connectivity index (χ0v) is 11.1. The molecule has 0 aliphatic carbocycles. The van der Waals surface area contributed by atoms with Gasteiger partial charge in [-0.1, -0.05) is 23.7 Å². The molecule has 0 amide bonds. The molecule has 2 rings (SSSR count). The van der Waals surface area contributed by atoms with Crippen LogP contribution >= 0.6 is 11.6 Å². The van der Waals surface area contributed by atoms with Crippen LogP contribution in [0.15, 0.2) is 42.5 Å². The number of benzene rings is 2. The van der Waals surface area contributed by atoms with Crippen molar-refractivity contribution in [2.24, 2.45) is 0 Å². The molecule has 2 aromatic carbocycles. The van der Waals surface area contributed by atoms with Crippen LogP contribution in [-0.2, 0) is 0 Å². The lowest BCUT2D eigenvalue weighted by atomic mass is 10.0. The monoisotopic (exact) mass is 278 g/mol. The Hall–Kier alpha value is -1.87. The first-order chi connectivity index (χ1) is 9.11. The molecule has 0 N–H and O–H groups in total. The molecule has 0 spiro atoms. The van der Waals surface area contributed by atoms with Gasteiger partial charge in [-0.3, -0.25) is 4.79 Å². The molecule has 0 atom stereocenters. The van der Waals surface area contributed by atoms with E-state index < -0.39 is 5.82 Å². The lowest BCUT2D eigenvalue weighted by molar-refractivity contribution is 0.103. The van der Waals surface area contributed by atoms with Crippen LogP contribution < -0.4 is 4.74 Å². The maximum atomic E-state index is 13.2. The standard InChI is InChI=1S/C15H12ClFO2/c1-2-19-12-5-3-4-10(8-12)15(18)13-9-11(17)6-7-14(13)16/h3-9H,2H2,1H3. The van der Waals surface area contributed by atoms with Gasteiger partial charge >= 0.3 is 0 Å². The number of hydrogen-bond donors (Lipinski definition) is 0. The first-order valence-electron chi connectivity index (χ1n) is 5.84. The molecule has 0 fully saturated rings. The highest BCUT2D eigenvalue weighted by Gasteiger charge is 2.14. The fraction of sp³-hybridized carbons (Fsp3) is 0.133. The third-order valence-corrected chi connectivity index (χ3v) is 2.91. The molecule has 4 heteroatoms. The fourth-order valence-electron chi connectivity index (χ4n) is 1.72. The van der Waals surface area contributed by atoms with Crippen LogP contribution in [0.1, 0.15) is 22.8 Å². The van der Waals surface area contributed by atoms with E-state index in [-0.39, 0.29) is 16.4 Å². The highest BCUT2D eigenvalue weighted by Crippen LogP contribution is 2.22. The Morgan fingerprint density at radius 2 is 2.05 bits per heavy atom. The quantitative estimate of drug-likeness (QED) is 0.787. The minimum absolute atomic E-state index is 0.148. The van der Waals surface area contributed by atoms with Crippen LogP contribution in [0, 0.1) is 5.82 Å². The van der Waals surface area contributed by atoms with E-state index in [1.165, 1.54) is 12.1 Å². The maximum Gasteiger partial charge on any atom is 0.194 e. The molecular weight excluding hydrogens is 267 g/mol. The summed E-state index contributed by atoms with van der Waals surface area (Å²) in [5.41, 5.74) is 0.564. The van der Waals surface area contributed by atoms with Gasteiger partial charge in [-0.15, -0.1) is 0 Å². The molecule has 0 saturated heterocycles. The number of halogens is 2. The summed E-state index contributed by atoms with van der Waals surface area (Å²) in [6, 6.07) is 10.5. The summed E-state index contributed by atoms with van der Waals surface area (Å²) < 4.78 is 18.5. The van der Waals surface area contributed by atoms with Gasteiger partial charge in [-0.25, -0.2) is 4.39 Å². The average Bonchev–Trinajstić information content (AvgIpc) is 2.41. The molecule has 0 aromatic heterocycles. The van der Waals surface area contributed by atoms with Gasteiger partial charge in [-0.05, 0) is 37.3 Å². The molecule has 2 aromatic rings. The van der Waals surface area contributed by atoms with Gasteiger partial charge in [0.25, 0.3) is 0 Å². The van der Waals surface area contributed by atoms with Crippen molar-refractivity contribution in [2.45, 2.75) is 6.92 Å². The van der Waals surface area contributed by atoms with Gasteiger partial charge in [0.15, 0.2) is 5.78 Å². The summed E-state index contributed by atoms with van der Waals surface area (Å²) in [5.74, 6) is -0.222. The number of ketones is 1. The Labute approximate surface area is 115 Å². The van der Waals surface area contributed by atoms with E-state index in [9.17, 15) is 9.18 Å². The number of carbonyl (C=O) groups excluding carboxylic acids is 1. The Kier molecular flexibility index (Phi) is 4.17. The molecule has 0 bridgehead atoms. The topological polar surface area (TPSA) is 26.3 Å². The minimum Gasteiger partial charge on any atom is -0.494 e. The van der Waals surface area contributed by atoms with Crippen LogP contribution in [0.5, 0.6) is 5.75 Å². The molecular formula is C15H12ClFO2. The van der Waals surface area contributed by atoms with E-state index >= 15 is 0 Å². The Morgan fingerprint density at radius 3 is 2.79 bits per heavy atom. The zero-order chi connectivity index (χ0) is 13.8. The van der Waals surface area contributed by atoms with Gasteiger partial charge in [0, 0.05) is 11.1 Å². The smallest absolute Gasteiger partial charge is 0.194 e. The predicted octanol–water partition coefficient (Wildman–Crippen LogP) is 4.11. The summed E-state index contributed by atoms with van der Waals surface area (Å²) in [6.45, 7) is 2.37. The zero-order valence-electron chi connectivity index (χ0n) is 10.3. The van der Waals surface area contributed by atoms with Crippen molar-refractivity contribution in [1.82, 2.24) is 0 Å². The first-order valence-corrected chi connectivity index (χ1v) is 6.22. The Morgan fingerprint density at radius 1 is 1.26 bits per heavy atom. The number of ether oxygens (including phenoxy) is 1. The summed E-state index contributed by atoms with van der Waals surface area (Å²) in [4.78, 5) is 12.3. The predicted molar refractivity (Wildman–Crippen MR) is 72.5 cm³/mol. The van der Waals surface area contributed by atoms with Crippen molar-refractivity contribution in [3.63, 3.8) is 0 Å². The van der Waals surface area contributed by atoms with E-state index in [1.54, 1.807) is 24.3 Å². The maximum absolute atomic E-state index is 13.2. The largest absolute Gasteiger partial charge is 0.494 e. The minimum atomic E-state index is -0.492. The summed E-state index contributed by atoms with van der Waals surface area (Å²) >= 11 is 5.92. The second-order valence-corrected chi connectivity index (χ2v) is 4.32. The van der Waals surface area contributed by atoms with Crippen LogP contribution in [0.2, 0.25) is 5.02 Å². The highest BCUT2D eigenvalue weighted by molar-refractivity contribution is 6.35. The van der Waals surface area contributed by atoms with Gasteiger partial charge in [-0.2, -0.15) is 0 Å². The fourth-order valence-corrected chi connectivity index (χ4v) is 1.92. The number of hydrogen-bond acceptors (Lipinski definition) is 2. The molecule has 19 heavy (non-hydrogen) atoms. The van der Waals surface area contributed by atoms with Gasteiger partial charge in [0.1, 0.15) is 11.6 Å². The molecule has 0 aliphatic rings. The van der Waals surface area contributed by atoms with Crippen LogP contribution in [0.25, 0.3) is 0 Å². The highest BCUT2D eigenvalue weighted by atomic mass is 35.5. The lowest BCUT2D eigenvalue weighted by Gasteiger charge is -2.07.